The summed E-state index contributed by atoms with van der Waals surface area (Å²) in [5, 5.41) is 0. The van der Waals surface area contributed by atoms with Gasteiger partial charge in [0.05, 0.1) is 17.4 Å². The van der Waals surface area contributed by atoms with Crippen molar-refractivity contribution in [2.24, 2.45) is 0 Å². The second-order valence-corrected chi connectivity index (χ2v) is 5.87. The topological polar surface area (TPSA) is 13.1 Å². The summed E-state index contributed by atoms with van der Waals surface area (Å²) in [6.45, 7) is 11.0. The molecule has 1 aromatic heterocycles. The van der Waals surface area contributed by atoms with E-state index in [0.717, 1.165) is 0 Å². The Morgan fingerprint density at radius 2 is 1.39 bits per heavy atom. The first-order valence-electron chi connectivity index (χ1n) is 6.18. The van der Waals surface area contributed by atoms with E-state index >= 15 is 0 Å². The summed E-state index contributed by atoms with van der Waals surface area (Å²) >= 11 is 3.81. The highest BCUT2D eigenvalue weighted by molar-refractivity contribution is 9.09. The van der Waals surface area contributed by atoms with Crippen LogP contribution in [0.4, 0.5) is 0 Å². The minimum atomic E-state index is 0.203. The van der Waals surface area contributed by atoms with E-state index < -0.39 is 0 Å². The molecule has 1 heterocycles. The van der Waals surface area contributed by atoms with Crippen molar-refractivity contribution in [1.29, 1.82) is 0 Å². The fourth-order valence-corrected chi connectivity index (χ4v) is 3.44. The number of rotatable bonds is 2. The fourth-order valence-electron chi connectivity index (χ4n) is 2.50. The molecule has 0 bridgehead atoms. The van der Waals surface area contributed by atoms with E-state index in [9.17, 15) is 0 Å². The first-order chi connectivity index (χ1) is 8.45. The van der Waals surface area contributed by atoms with Gasteiger partial charge in [0.15, 0.2) is 0 Å². The van der Waals surface area contributed by atoms with Crippen molar-refractivity contribution in [2.45, 2.75) is 39.4 Å². The lowest BCUT2D eigenvalue weighted by molar-refractivity contribution is 0.564. The van der Waals surface area contributed by atoms with Gasteiger partial charge in [-0.15, -0.1) is 0 Å². The molecule has 2 rings (SSSR count). The molecule has 1 aromatic carbocycles. The Kier molecular flexibility index (Phi) is 3.67. The lowest BCUT2D eigenvalue weighted by atomic mass is 9.87. The third kappa shape index (κ3) is 2.03. The van der Waals surface area contributed by atoms with Gasteiger partial charge >= 0.3 is 0 Å². The van der Waals surface area contributed by atoms with Gasteiger partial charge in [-0.3, -0.25) is 0 Å². The summed E-state index contributed by atoms with van der Waals surface area (Å²) in [7, 11) is 0. The Morgan fingerprint density at radius 1 is 0.889 bits per heavy atom. The van der Waals surface area contributed by atoms with Crippen LogP contribution in [-0.4, -0.2) is 0 Å². The summed E-state index contributed by atoms with van der Waals surface area (Å²) in [4.78, 5) is 0.203. The molecule has 0 saturated heterocycles. The zero-order valence-electron chi connectivity index (χ0n) is 11.6. The molecule has 0 fully saturated rings. The van der Waals surface area contributed by atoms with E-state index in [1.807, 2.05) is 12.3 Å². The Labute approximate surface area is 117 Å². The summed E-state index contributed by atoms with van der Waals surface area (Å²) in [5.74, 6) is 0. The van der Waals surface area contributed by atoms with Crippen LogP contribution in [0.2, 0.25) is 0 Å². The first-order valence-corrected chi connectivity index (χ1v) is 7.09. The maximum Gasteiger partial charge on any atom is 0.0949 e. The normalized spacial score (nSPS) is 12.8. The number of hydrogen-bond donors (Lipinski definition) is 0. The van der Waals surface area contributed by atoms with Crippen LogP contribution in [0, 0.1) is 34.6 Å². The molecule has 0 radical (unpaired) electrons. The van der Waals surface area contributed by atoms with Crippen LogP contribution in [0.3, 0.4) is 0 Å². The lowest BCUT2D eigenvalue weighted by Crippen LogP contribution is -2.05. The van der Waals surface area contributed by atoms with Crippen LogP contribution in [0.15, 0.2) is 23.0 Å². The molecule has 1 unspecified atom stereocenters. The number of hydrogen-bond acceptors (Lipinski definition) is 1. The van der Waals surface area contributed by atoms with Crippen molar-refractivity contribution in [3.05, 3.63) is 57.5 Å². The molecule has 1 nitrogen and oxygen atoms in total. The van der Waals surface area contributed by atoms with Crippen molar-refractivity contribution < 1.29 is 4.42 Å². The maximum absolute atomic E-state index is 5.19. The van der Waals surface area contributed by atoms with E-state index in [2.05, 4.69) is 50.5 Å². The van der Waals surface area contributed by atoms with Gasteiger partial charge in [0.1, 0.15) is 0 Å². The number of furan rings is 1. The first kappa shape index (κ1) is 13.4. The number of benzene rings is 1. The lowest BCUT2D eigenvalue weighted by Gasteiger charge is -2.21. The van der Waals surface area contributed by atoms with Gasteiger partial charge in [-0.05, 0) is 74.1 Å². The highest BCUT2D eigenvalue weighted by Crippen LogP contribution is 2.38. The summed E-state index contributed by atoms with van der Waals surface area (Å²) in [6.07, 6.45) is 3.53. The minimum absolute atomic E-state index is 0.203. The third-order valence-electron chi connectivity index (χ3n) is 4.15. The molecule has 0 spiro atoms. The van der Waals surface area contributed by atoms with E-state index in [4.69, 9.17) is 4.42 Å². The Hall–Kier alpha value is -1.02. The molecule has 2 heteroatoms. The number of halogens is 1. The monoisotopic (exact) mass is 306 g/mol. The van der Waals surface area contributed by atoms with E-state index in [1.54, 1.807) is 6.26 Å². The van der Waals surface area contributed by atoms with Gasteiger partial charge in [0.25, 0.3) is 0 Å². The molecule has 2 aromatic rings. The van der Waals surface area contributed by atoms with Gasteiger partial charge in [0, 0.05) is 5.56 Å². The predicted octanol–water partition coefficient (Wildman–Crippen LogP) is 5.31. The Morgan fingerprint density at radius 3 is 1.83 bits per heavy atom. The summed E-state index contributed by atoms with van der Waals surface area (Å²) in [6, 6.07) is 2.02. The molecular formula is C16H19BrO. The molecular weight excluding hydrogens is 288 g/mol. The fraction of sp³-hybridized carbons (Fsp3) is 0.375. The molecule has 0 aliphatic heterocycles. The van der Waals surface area contributed by atoms with E-state index in [0.29, 0.717) is 0 Å². The second-order valence-electron chi connectivity index (χ2n) is 4.96. The average molecular weight is 307 g/mol. The van der Waals surface area contributed by atoms with Crippen LogP contribution in [0.1, 0.15) is 43.8 Å². The smallest absolute Gasteiger partial charge is 0.0949 e. The zero-order valence-corrected chi connectivity index (χ0v) is 13.2. The molecule has 0 aliphatic rings. The quantitative estimate of drug-likeness (QED) is 0.686. The predicted molar refractivity (Wildman–Crippen MR) is 79.6 cm³/mol. The van der Waals surface area contributed by atoms with Crippen molar-refractivity contribution in [1.82, 2.24) is 0 Å². The minimum Gasteiger partial charge on any atom is -0.472 e. The number of alkyl halides is 1. The van der Waals surface area contributed by atoms with Crippen LogP contribution in [0.5, 0.6) is 0 Å². The summed E-state index contributed by atoms with van der Waals surface area (Å²) in [5.41, 5.74) is 9.47. The average Bonchev–Trinajstić information content (AvgIpc) is 2.88. The molecule has 0 N–H and O–H groups in total. The summed E-state index contributed by atoms with van der Waals surface area (Å²) < 4.78 is 5.19. The van der Waals surface area contributed by atoms with Gasteiger partial charge in [0.2, 0.25) is 0 Å². The standard InChI is InChI=1S/C16H19BrO/c1-9-10(2)12(4)15(13(5)11(9)3)16(17)14-6-7-18-8-14/h6-8,16H,1-5H3. The van der Waals surface area contributed by atoms with Crippen LogP contribution in [0.25, 0.3) is 0 Å². The van der Waals surface area contributed by atoms with Gasteiger partial charge in [-0.25, -0.2) is 0 Å². The highest BCUT2D eigenvalue weighted by Gasteiger charge is 2.20. The molecule has 1 atom stereocenters. The zero-order chi connectivity index (χ0) is 13.4. The molecule has 0 aliphatic carbocycles. The van der Waals surface area contributed by atoms with Crippen molar-refractivity contribution >= 4 is 15.9 Å². The van der Waals surface area contributed by atoms with Crippen LogP contribution < -0.4 is 0 Å². The van der Waals surface area contributed by atoms with Crippen molar-refractivity contribution in [3.63, 3.8) is 0 Å². The van der Waals surface area contributed by atoms with E-state index in [1.165, 1.54) is 38.9 Å². The second kappa shape index (κ2) is 4.93. The van der Waals surface area contributed by atoms with Gasteiger partial charge < -0.3 is 4.42 Å². The van der Waals surface area contributed by atoms with Gasteiger partial charge in [-0.1, -0.05) is 15.9 Å². The van der Waals surface area contributed by atoms with Crippen molar-refractivity contribution in [3.8, 4) is 0 Å². The van der Waals surface area contributed by atoms with Crippen LogP contribution in [-0.2, 0) is 0 Å². The Bertz CT molecular complexity index is 538. The highest BCUT2D eigenvalue weighted by atomic mass is 79.9. The van der Waals surface area contributed by atoms with E-state index in [-0.39, 0.29) is 4.83 Å². The SMILES string of the molecule is Cc1c(C)c(C)c(C(Br)c2ccoc2)c(C)c1C. The third-order valence-corrected chi connectivity index (χ3v) is 5.13. The van der Waals surface area contributed by atoms with Crippen molar-refractivity contribution in [2.75, 3.05) is 0 Å². The Balaban J connectivity index is 2.65. The maximum atomic E-state index is 5.19. The largest absolute Gasteiger partial charge is 0.472 e. The molecule has 18 heavy (non-hydrogen) atoms. The van der Waals surface area contributed by atoms with Gasteiger partial charge in [-0.2, -0.15) is 0 Å². The van der Waals surface area contributed by atoms with Crippen LogP contribution >= 0.6 is 15.9 Å². The molecule has 96 valence electrons. The molecule has 0 saturated carbocycles. The molecule has 0 amide bonds.